The van der Waals surface area contributed by atoms with E-state index < -0.39 is 0 Å². The minimum atomic E-state index is 1.08. The standard InChI is InChI=1S/C38H54N/c1-2-3-4-5-6-7-8-9-10-11-12-13-14-15-25-32-39(33-36-26-19-16-20-27-36,34-37-28-21-17-22-29-37)35-38-30-23-18-24-31-38/h6-7,16-24,26-31H,2-5,8-15,25,32-35H2,1H3/q+1/b7-6+. The molecule has 0 atom stereocenters. The number of hydrogen-bond donors (Lipinski definition) is 0. The number of allylic oxidation sites excluding steroid dienone is 2. The van der Waals surface area contributed by atoms with E-state index in [1.165, 1.54) is 107 Å². The summed E-state index contributed by atoms with van der Waals surface area (Å²) < 4.78 is 1.09. The summed E-state index contributed by atoms with van der Waals surface area (Å²) >= 11 is 0. The fourth-order valence-electron chi connectivity index (χ4n) is 5.83. The summed E-state index contributed by atoms with van der Waals surface area (Å²) in [5.41, 5.74) is 4.33. The van der Waals surface area contributed by atoms with Crippen LogP contribution in [-0.2, 0) is 19.6 Å². The monoisotopic (exact) mass is 524 g/mol. The Bertz CT molecular complexity index is 891. The molecule has 0 aliphatic carbocycles. The Hall–Kier alpha value is -2.64. The predicted octanol–water partition coefficient (Wildman–Crippen LogP) is 11.1. The van der Waals surface area contributed by atoms with Crippen molar-refractivity contribution in [1.82, 2.24) is 0 Å². The van der Waals surface area contributed by atoms with E-state index in [1.807, 2.05) is 0 Å². The first-order chi connectivity index (χ1) is 19.3. The molecular weight excluding hydrogens is 470 g/mol. The van der Waals surface area contributed by atoms with Crippen molar-refractivity contribution in [3.05, 3.63) is 120 Å². The van der Waals surface area contributed by atoms with Crippen LogP contribution in [0.1, 0.15) is 107 Å². The molecule has 39 heavy (non-hydrogen) atoms. The van der Waals surface area contributed by atoms with Gasteiger partial charge in [0.2, 0.25) is 0 Å². The number of nitrogens with zero attached hydrogens (tertiary/aromatic N) is 1. The maximum Gasteiger partial charge on any atom is 0.105 e. The van der Waals surface area contributed by atoms with E-state index >= 15 is 0 Å². The number of benzene rings is 3. The molecule has 0 N–H and O–H groups in total. The topological polar surface area (TPSA) is 0 Å². The summed E-state index contributed by atoms with van der Waals surface area (Å²) in [6.45, 7) is 6.75. The molecule has 0 radical (unpaired) electrons. The zero-order chi connectivity index (χ0) is 27.3. The third-order valence-corrected chi connectivity index (χ3v) is 7.98. The summed E-state index contributed by atoms with van der Waals surface area (Å²) in [5, 5.41) is 0. The van der Waals surface area contributed by atoms with Crippen LogP contribution in [-0.4, -0.2) is 11.0 Å². The molecule has 1 heteroatoms. The molecule has 0 spiro atoms. The van der Waals surface area contributed by atoms with Crippen molar-refractivity contribution in [3.63, 3.8) is 0 Å². The van der Waals surface area contributed by atoms with Crippen LogP contribution >= 0.6 is 0 Å². The van der Waals surface area contributed by atoms with E-state index in [2.05, 4.69) is 110 Å². The SMILES string of the molecule is CCCCC/C=C/CCCCCCCCCC[N+](Cc1ccccc1)(Cc1ccccc1)Cc1ccccc1. The molecule has 3 aromatic carbocycles. The van der Waals surface area contributed by atoms with Gasteiger partial charge in [0.25, 0.3) is 0 Å². The Morgan fingerprint density at radius 1 is 0.436 bits per heavy atom. The minimum Gasteiger partial charge on any atom is -0.312 e. The van der Waals surface area contributed by atoms with Gasteiger partial charge in [0.15, 0.2) is 0 Å². The highest BCUT2D eigenvalue weighted by Crippen LogP contribution is 2.26. The van der Waals surface area contributed by atoms with E-state index in [0.29, 0.717) is 0 Å². The molecule has 0 aromatic heterocycles. The molecule has 0 heterocycles. The lowest BCUT2D eigenvalue weighted by atomic mass is 10.0. The van der Waals surface area contributed by atoms with Crippen molar-refractivity contribution < 1.29 is 4.48 Å². The number of rotatable bonds is 21. The largest absolute Gasteiger partial charge is 0.312 e. The fraction of sp³-hybridized carbons (Fsp3) is 0.474. The Kier molecular flexibility index (Phi) is 15.4. The fourth-order valence-corrected chi connectivity index (χ4v) is 5.83. The van der Waals surface area contributed by atoms with Gasteiger partial charge in [-0.05, 0) is 38.5 Å². The van der Waals surface area contributed by atoms with Gasteiger partial charge in [-0.15, -0.1) is 0 Å². The molecule has 3 aromatic rings. The Morgan fingerprint density at radius 2 is 0.795 bits per heavy atom. The summed E-state index contributed by atoms with van der Waals surface area (Å²) in [7, 11) is 0. The van der Waals surface area contributed by atoms with Crippen LogP contribution in [0.4, 0.5) is 0 Å². The molecule has 0 aliphatic rings. The average molecular weight is 525 g/mol. The Morgan fingerprint density at radius 3 is 1.21 bits per heavy atom. The van der Waals surface area contributed by atoms with Crippen LogP contribution in [0.2, 0.25) is 0 Å². The third-order valence-electron chi connectivity index (χ3n) is 7.98. The van der Waals surface area contributed by atoms with Gasteiger partial charge in [-0.2, -0.15) is 0 Å². The van der Waals surface area contributed by atoms with E-state index in [-0.39, 0.29) is 0 Å². The van der Waals surface area contributed by atoms with Crippen LogP contribution in [0.25, 0.3) is 0 Å². The smallest absolute Gasteiger partial charge is 0.105 e. The second kappa shape index (κ2) is 19.4. The Balaban J connectivity index is 1.47. The first-order valence-corrected chi connectivity index (χ1v) is 15.9. The van der Waals surface area contributed by atoms with Gasteiger partial charge in [-0.1, -0.05) is 155 Å². The van der Waals surface area contributed by atoms with Crippen molar-refractivity contribution in [2.45, 2.75) is 110 Å². The van der Waals surface area contributed by atoms with Gasteiger partial charge >= 0.3 is 0 Å². The zero-order valence-electron chi connectivity index (χ0n) is 24.8. The highest BCUT2D eigenvalue weighted by molar-refractivity contribution is 5.17. The zero-order valence-corrected chi connectivity index (χ0v) is 24.8. The molecule has 0 unspecified atom stereocenters. The minimum absolute atomic E-state index is 1.08. The molecule has 0 fully saturated rings. The van der Waals surface area contributed by atoms with Crippen LogP contribution in [0.15, 0.2) is 103 Å². The highest BCUT2D eigenvalue weighted by atomic mass is 15.3. The number of quaternary nitrogens is 1. The number of hydrogen-bond acceptors (Lipinski definition) is 0. The lowest BCUT2D eigenvalue weighted by Crippen LogP contribution is -2.46. The summed E-state index contributed by atoms with van der Waals surface area (Å²) in [6.07, 6.45) is 22.4. The summed E-state index contributed by atoms with van der Waals surface area (Å²) in [6, 6.07) is 33.4. The van der Waals surface area contributed by atoms with Gasteiger partial charge < -0.3 is 4.48 Å². The molecule has 1 nitrogen and oxygen atoms in total. The summed E-state index contributed by atoms with van der Waals surface area (Å²) in [4.78, 5) is 0. The molecule has 0 amide bonds. The van der Waals surface area contributed by atoms with Crippen LogP contribution in [0.5, 0.6) is 0 Å². The predicted molar refractivity (Wildman–Crippen MR) is 170 cm³/mol. The van der Waals surface area contributed by atoms with Crippen LogP contribution < -0.4 is 0 Å². The summed E-state index contributed by atoms with van der Waals surface area (Å²) in [5.74, 6) is 0. The maximum absolute atomic E-state index is 2.42. The highest BCUT2D eigenvalue weighted by Gasteiger charge is 2.28. The molecule has 210 valence electrons. The first-order valence-electron chi connectivity index (χ1n) is 15.9. The van der Waals surface area contributed by atoms with Crippen molar-refractivity contribution in [2.75, 3.05) is 6.54 Å². The maximum atomic E-state index is 2.42. The molecule has 0 aliphatic heterocycles. The second-order valence-electron chi connectivity index (χ2n) is 11.6. The van der Waals surface area contributed by atoms with E-state index in [9.17, 15) is 0 Å². The molecule has 0 bridgehead atoms. The van der Waals surface area contributed by atoms with Gasteiger partial charge in [0.05, 0.1) is 6.54 Å². The molecule has 0 saturated heterocycles. The van der Waals surface area contributed by atoms with Crippen LogP contribution in [0.3, 0.4) is 0 Å². The van der Waals surface area contributed by atoms with Gasteiger partial charge in [-0.25, -0.2) is 0 Å². The second-order valence-corrected chi connectivity index (χ2v) is 11.6. The number of unbranched alkanes of at least 4 members (excludes halogenated alkanes) is 11. The van der Waals surface area contributed by atoms with E-state index in [1.54, 1.807) is 0 Å². The van der Waals surface area contributed by atoms with Crippen molar-refractivity contribution in [3.8, 4) is 0 Å². The quantitative estimate of drug-likeness (QED) is 0.0738. The lowest BCUT2D eigenvalue weighted by Gasteiger charge is -2.39. The Labute approximate surface area is 240 Å². The van der Waals surface area contributed by atoms with Gasteiger partial charge in [-0.3, -0.25) is 0 Å². The van der Waals surface area contributed by atoms with Crippen molar-refractivity contribution in [2.24, 2.45) is 0 Å². The van der Waals surface area contributed by atoms with Crippen LogP contribution in [0, 0.1) is 0 Å². The molecule has 3 rings (SSSR count). The van der Waals surface area contributed by atoms with E-state index in [0.717, 1.165) is 24.1 Å². The normalized spacial score (nSPS) is 11.8. The van der Waals surface area contributed by atoms with E-state index in [4.69, 9.17) is 0 Å². The average Bonchev–Trinajstić information content (AvgIpc) is 2.97. The van der Waals surface area contributed by atoms with Crippen molar-refractivity contribution >= 4 is 0 Å². The third kappa shape index (κ3) is 13.3. The van der Waals surface area contributed by atoms with Crippen molar-refractivity contribution in [1.29, 1.82) is 0 Å². The van der Waals surface area contributed by atoms with Gasteiger partial charge in [0, 0.05) is 16.7 Å². The van der Waals surface area contributed by atoms with Gasteiger partial charge in [0.1, 0.15) is 19.6 Å². The first kappa shape index (κ1) is 30.9. The molecule has 0 saturated carbocycles. The molecular formula is C38H54N+. The lowest BCUT2D eigenvalue weighted by molar-refractivity contribution is -0.966.